The lowest BCUT2D eigenvalue weighted by Gasteiger charge is -2.42. The topological polar surface area (TPSA) is 68.4 Å². The molecule has 0 N–H and O–H groups in total. The van der Waals surface area contributed by atoms with Crippen molar-refractivity contribution in [1.82, 2.24) is 29.4 Å². The third-order valence-electron chi connectivity index (χ3n) is 5.53. The molecule has 2 aromatic rings. The molecule has 3 rings (SSSR count). The summed E-state index contributed by atoms with van der Waals surface area (Å²) < 4.78 is 9.73. The first-order valence-corrected chi connectivity index (χ1v) is 9.81. The van der Waals surface area contributed by atoms with E-state index in [1.807, 2.05) is 57.1 Å². The molecule has 8 nitrogen and oxygen atoms in total. The average Bonchev–Trinajstić information content (AvgIpc) is 3.16. The lowest BCUT2D eigenvalue weighted by Crippen LogP contribution is -2.51. The maximum atomic E-state index is 13.2. The zero-order valence-electron chi connectivity index (χ0n) is 17.8. The number of aryl methyl sites for hydroxylation is 3. The Hall–Kier alpha value is -2.19. The first-order chi connectivity index (χ1) is 13.3. The number of carbonyl (C=O) groups excluding carboxylic acids is 1. The van der Waals surface area contributed by atoms with Crippen molar-refractivity contribution in [3.05, 3.63) is 34.9 Å². The third kappa shape index (κ3) is 4.28. The van der Waals surface area contributed by atoms with Gasteiger partial charge in [0.05, 0.1) is 30.6 Å². The van der Waals surface area contributed by atoms with Crippen LogP contribution in [0, 0.1) is 13.8 Å². The van der Waals surface area contributed by atoms with Crippen LogP contribution < -0.4 is 0 Å². The van der Waals surface area contributed by atoms with Gasteiger partial charge in [-0.25, -0.2) is 0 Å². The van der Waals surface area contributed by atoms with E-state index >= 15 is 0 Å². The molecule has 0 radical (unpaired) electrons. The normalized spacial score (nSPS) is 20.2. The van der Waals surface area contributed by atoms with Gasteiger partial charge in [0, 0.05) is 51.1 Å². The third-order valence-corrected chi connectivity index (χ3v) is 5.53. The average molecular weight is 389 g/mol. The minimum Gasteiger partial charge on any atom is -0.373 e. The van der Waals surface area contributed by atoms with E-state index in [1.54, 1.807) is 4.68 Å². The van der Waals surface area contributed by atoms with Gasteiger partial charge in [0.1, 0.15) is 0 Å². The van der Waals surface area contributed by atoms with Gasteiger partial charge >= 0.3 is 0 Å². The standard InChI is InChI=1S/C20H32N6O2/c1-14-17(15(2)25(6)22-14)7-8-19(27)26-9-10-28-18(13-23(3)4)20(26)16-11-21-24(5)12-16/h11-12,18,20H,7-10,13H2,1-6H3/t18-,20-/m0/s1. The van der Waals surface area contributed by atoms with Crippen LogP contribution in [0.15, 0.2) is 12.4 Å². The van der Waals surface area contributed by atoms with E-state index in [1.165, 1.54) is 5.56 Å². The van der Waals surface area contributed by atoms with E-state index in [4.69, 9.17) is 4.74 Å². The van der Waals surface area contributed by atoms with Crippen LogP contribution in [0.25, 0.3) is 0 Å². The lowest BCUT2D eigenvalue weighted by atomic mass is 9.99. The summed E-state index contributed by atoms with van der Waals surface area (Å²) in [7, 11) is 7.89. The van der Waals surface area contributed by atoms with Crippen LogP contribution >= 0.6 is 0 Å². The Morgan fingerprint density at radius 1 is 1.32 bits per heavy atom. The molecule has 0 aliphatic carbocycles. The maximum Gasteiger partial charge on any atom is 0.223 e. The predicted octanol–water partition coefficient (Wildman–Crippen LogP) is 1.23. The van der Waals surface area contributed by atoms with Gasteiger partial charge in [0.25, 0.3) is 0 Å². The molecule has 28 heavy (non-hydrogen) atoms. The van der Waals surface area contributed by atoms with E-state index in [2.05, 4.69) is 22.0 Å². The number of ether oxygens (including phenoxy) is 1. The van der Waals surface area contributed by atoms with Crippen molar-refractivity contribution >= 4 is 5.91 Å². The number of nitrogens with zero attached hydrogens (tertiary/aromatic N) is 6. The number of rotatable bonds is 6. The summed E-state index contributed by atoms with van der Waals surface area (Å²) in [4.78, 5) is 17.3. The summed E-state index contributed by atoms with van der Waals surface area (Å²) in [5.41, 5.74) is 4.33. The number of morpholine rings is 1. The number of hydrogen-bond acceptors (Lipinski definition) is 5. The molecule has 0 bridgehead atoms. The van der Waals surface area contributed by atoms with Crippen LogP contribution in [-0.4, -0.2) is 75.2 Å². The summed E-state index contributed by atoms with van der Waals surface area (Å²) in [5, 5.41) is 8.78. The van der Waals surface area contributed by atoms with Gasteiger partial charge in [0.2, 0.25) is 5.91 Å². The zero-order valence-corrected chi connectivity index (χ0v) is 17.8. The molecule has 1 aliphatic heterocycles. The summed E-state index contributed by atoms with van der Waals surface area (Å²) in [6.45, 7) is 5.98. The fraction of sp³-hybridized carbons (Fsp3) is 0.650. The second kappa shape index (κ2) is 8.45. The Balaban J connectivity index is 1.79. The number of aromatic nitrogens is 4. The van der Waals surface area contributed by atoms with Gasteiger partial charge in [-0.05, 0) is 39.9 Å². The Bertz CT molecular complexity index is 825. The van der Waals surface area contributed by atoms with Crippen LogP contribution in [-0.2, 0) is 30.0 Å². The molecular weight excluding hydrogens is 356 g/mol. The largest absolute Gasteiger partial charge is 0.373 e. The van der Waals surface area contributed by atoms with Crippen molar-refractivity contribution in [2.24, 2.45) is 14.1 Å². The van der Waals surface area contributed by atoms with Gasteiger partial charge in [-0.15, -0.1) is 0 Å². The Morgan fingerprint density at radius 2 is 2.07 bits per heavy atom. The van der Waals surface area contributed by atoms with Crippen molar-refractivity contribution < 1.29 is 9.53 Å². The van der Waals surface area contributed by atoms with Crippen molar-refractivity contribution in [1.29, 1.82) is 0 Å². The van der Waals surface area contributed by atoms with Crippen LogP contribution in [0.1, 0.15) is 35.0 Å². The summed E-state index contributed by atoms with van der Waals surface area (Å²) >= 11 is 0. The highest BCUT2D eigenvalue weighted by Gasteiger charge is 2.37. The van der Waals surface area contributed by atoms with Crippen LogP contribution in [0.3, 0.4) is 0 Å². The van der Waals surface area contributed by atoms with Crippen LogP contribution in [0.2, 0.25) is 0 Å². The fourth-order valence-corrected chi connectivity index (χ4v) is 4.07. The second-order valence-corrected chi connectivity index (χ2v) is 7.92. The Kier molecular flexibility index (Phi) is 6.20. The highest BCUT2D eigenvalue weighted by atomic mass is 16.5. The first-order valence-electron chi connectivity index (χ1n) is 9.81. The summed E-state index contributed by atoms with van der Waals surface area (Å²) in [5.74, 6) is 0.156. The highest BCUT2D eigenvalue weighted by Crippen LogP contribution is 2.31. The molecule has 0 unspecified atom stereocenters. The van der Waals surface area contributed by atoms with Crippen molar-refractivity contribution in [2.45, 2.75) is 38.8 Å². The molecule has 154 valence electrons. The van der Waals surface area contributed by atoms with E-state index in [0.717, 1.165) is 23.5 Å². The predicted molar refractivity (Wildman–Crippen MR) is 107 cm³/mol. The van der Waals surface area contributed by atoms with Crippen LogP contribution in [0.5, 0.6) is 0 Å². The van der Waals surface area contributed by atoms with E-state index in [0.29, 0.717) is 26.0 Å². The molecule has 1 saturated heterocycles. The first kappa shape index (κ1) is 20.5. The molecule has 0 saturated carbocycles. The lowest BCUT2D eigenvalue weighted by molar-refractivity contribution is -0.148. The van der Waals surface area contributed by atoms with E-state index < -0.39 is 0 Å². The molecule has 0 aromatic carbocycles. The van der Waals surface area contributed by atoms with Crippen molar-refractivity contribution in [2.75, 3.05) is 33.8 Å². The zero-order chi connectivity index (χ0) is 20.4. The van der Waals surface area contributed by atoms with Gasteiger partial charge in [-0.1, -0.05) is 0 Å². The highest BCUT2D eigenvalue weighted by molar-refractivity contribution is 5.77. The number of carbonyl (C=O) groups is 1. The molecule has 1 fully saturated rings. The van der Waals surface area contributed by atoms with Gasteiger partial charge in [-0.2, -0.15) is 10.2 Å². The monoisotopic (exact) mass is 388 g/mol. The van der Waals surface area contributed by atoms with Gasteiger partial charge in [0.15, 0.2) is 0 Å². The minimum atomic E-state index is -0.117. The Morgan fingerprint density at radius 3 is 2.64 bits per heavy atom. The van der Waals surface area contributed by atoms with E-state index in [9.17, 15) is 4.79 Å². The fourth-order valence-electron chi connectivity index (χ4n) is 4.07. The number of hydrogen-bond donors (Lipinski definition) is 0. The van der Waals surface area contributed by atoms with Gasteiger partial charge < -0.3 is 14.5 Å². The maximum absolute atomic E-state index is 13.2. The summed E-state index contributed by atoms with van der Waals surface area (Å²) in [6.07, 6.45) is 4.94. The Labute approximate surface area is 167 Å². The van der Waals surface area contributed by atoms with Crippen molar-refractivity contribution in [3.8, 4) is 0 Å². The second-order valence-electron chi connectivity index (χ2n) is 7.92. The minimum absolute atomic E-state index is 0.0706. The smallest absolute Gasteiger partial charge is 0.223 e. The quantitative estimate of drug-likeness (QED) is 0.745. The number of likely N-dealkylation sites (N-methyl/N-ethyl adjacent to an activating group) is 1. The molecule has 3 heterocycles. The molecule has 1 amide bonds. The molecule has 0 spiro atoms. The van der Waals surface area contributed by atoms with Gasteiger partial charge in [-0.3, -0.25) is 14.2 Å². The summed E-state index contributed by atoms with van der Waals surface area (Å²) in [6, 6.07) is -0.117. The van der Waals surface area contributed by atoms with E-state index in [-0.39, 0.29) is 18.1 Å². The number of amides is 1. The van der Waals surface area contributed by atoms with Crippen LogP contribution in [0.4, 0.5) is 0 Å². The molecule has 8 heteroatoms. The molecule has 2 aromatic heterocycles. The molecular formula is C20H32N6O2. The molecule has 1 aliphatic rings. The molecule has 2 atom stereocenters. The van der Waals surface area contributed by atoms with Crippen molar-refractivity contribution in [3.63, 3.8) is 0 Å². The SMILES string of the molecule is Cc1nn(C)c(C)c1CCC(=O)N1CCO[C@@H](CN(C)C)[C@@H]1c1cnn(C)c1.